The molecule has 1 aromatic heterocycles. The molecule has 1 heterocycles. The number of carbonyl (C=O) groups excluding carboxylic acids is 2. The summed E-state index contributed by atoms with van der Waals surface area (Å²) in [5.41, 5.74) is 4.02. The summed E-state index contributed by atoms with van der Waals surface area (Å²) in [4.78, 5) is 32.0. The van der Waals surface area contributed by atoms with E-state index in [0.29, 0.717) is 26.2 Å². The number of pyridine rings is 1. The highest BCUT2D eigenvalue weighted by Crippen LogP contribution is 2.24. The van der Waals surface area contributed by atoms with Gasteiger partial charge < -0.3 is 15.5 Å². The summed E-state index contributed by atoms with van der Waals surface area (Å²) in [7, 11) is 0. The minimum atomic E-state index is 0.0569. The third kappa shape index (κ3) is 7.78. The molecule has 0 saturated carbocycles. The molecule has 0 spiro atoms. The highest BCUT2D eigenvalue weighted by atomic mass is 16.2. The van der Waals surface area contributed by atoms with Gasteiger partial charge in [-0.3, -0.25) is 9.59 Å². The van der Waals surface area contributed by atoms with Crippen molar-refractivity contribution < 1.29 is 9.59 Å². The van der Waals surface area contributed by atoms with E-state index in [0.717, 1.165) is 53.5 Å². The summed E-state index contributed by atoms with van der Waals surface area (Å²) in [6.45, 7) is 10.7. The van der Waals surface area contributed by atoms with Crippen molar-refractivity contribution in [1.82, 2.24) is 15.6 Å². The predicted octanol–water partition coefficient (Wildman–Crippen LogP) is 5.81. The number of para-hydroxylation sites is 1. The van der Waals surface area contributed by atoms with Gasteiger partial charge in [0.1, 0.15) is 0 Å². The van der Waals surface area contributed by atoms with Gasteiger partial charge in [-0.25, -0.2) is 4.98 Å². The van der Waals surface area contributed by atoms with Crippen molar-refractivity contribution in [2.24, 2.45) is 11.8 Å². The molecule has 0 atom stereocenters. The van der Waals surface area contributed by atoms with Crippen LogP contribution in [0.3, 0.4) is 0 Å². The second kappa shape index (κ2) is 14.4. The fourth-order valence-corrected chi connectivity index (χ4v) is 4.68. The maximum absolute atomic E-state index is 12.5. The standard InChI is InChI=1S/C31H42N4O2/c1-5-23(6-2)30(36)32-19-21-35(22-20-33-31(37)24(7-3)8-4)27-16-13-26(14-17-27)29-18-15-25-11-9-10-12-28(25)34-29/h9-18,23-24H,5-8,19-22H2,1-4H3,(H,32,36)(H,33,37). The number of benzene rings is 2. The lowest BCUT2D eigenvalue weighted by Gasteiger charge is -2.26. The Morgan fingerprint density at radius 2 is 1.27 bits per heavy atom. The number of hydrogen-bond donors (Lipinski definition) is 2. The minimum absolute atomic E-state index is 0.0569. The third-order valence-corrected chi connectivity index (χ3v) is 7.20. The van der Waals surface area contributed by atoms with Gasteiger partial charge in [0.15, 0.2) is 0 Å². The van der Waals surface area contributed by atoms with E-state index < -0.39 is 0 Å². The molecular weight excluding hydrogens is 460 g/mol. The summed E-state index contributed by atoms with van der Waals surface area (Å²) in [5, 5.41) is 7.32. The Labute approximate surface area is 221 Å². The number of rotatable bonds is 14. The first-order valence-electron chi connectivity index (χ1n) is 13.8. The molecule has 0 radical (unpaired) electrons. The van der Waals surface area contributed by atoms with Gasteiger partial charge in [-0.05, 0) is 49.9 Å². The molecule has 0 aliphatic heterocycles. The van der Waals surface area contributed by atoms with Gasteiger partial charge in [0.05, 0.1) is 11.2 Å². The van der Waals surface area contributed by atoms with E-state index >= 15 is 0 Å². The molecule has 0 aliphatic rings. The lowest BCUT2D eigenvalue weighted by atomic mass is 10.0. The van der Waals surface area contributed by atoms with Crippen molar-refractivity contribution >= 4 is 28.4 Å². The average molecular weight is 503 g/mol. The van der Waals surface area contributed by atoms with Crippen LogP contribution in [0.2, 0.25) is 0 Å². The number of aromatic nitrogens is 1. The molecular formula is C31H42N4O2. The van der Waals surface area contributed by atoms with E-state index in [1.807, 2.05) is 18.2 Å². The van der Waals surface area contributed by atoms with Gasteiger partial charge in [0.2, 0.25) is 11.8 Å². The molecule has 0 fully saturated rings. The smallest absolute Gasteiger partial charge is 0.223 e. The maximum atomic E-state index is 12.5. The molecule has 198 valence electrons. The molecule has 0 bridgehead atoms. The fraction of sp³-hybridized carbons (Fsp3) is 0.452. The third-order valence-electron chi connectivity index (χ3n) is 7.20. The molecule has 6 heteroatoms. The SMILES string of the molecule is CCC(CC)C(=O)NCCN(CCNC(=O)C(CC)CC)c1ccc(-c2ccc3ccccc3n2)cc1. The highest BCUT2D eigenvalue weighted by molar-refractivity contribution is 5.82. The normalized spacial score (nSPS) is 11.2. The Balaban J connectivity index is 1.70. The second-order valence-electron chi connectivity index (χ2n) is 9.53. The van der Waals surface area contributed by atoms with Crippen LogP contribution in [-0.4, -0.2) is 43.0 Å². The maximum Gasteiger partial charge on any atom is 0.223 e. The van der Waals surface area contributed by atoms with Crippen LogP contribution in [-0.2, 0) is 9.59 Å². The topological polar surface area (TPSA) is 74.3 Å². The van der Waals surface area contributed by atoms with Crippen LogP contribution < -0.4 is 15.5 Å². The van der Waals surface area contributed by atoms with Crippen molar-refractivity contribution in [3.63, 3.8) is 0 Å². The van der Waals surface area contributed by atoms with Crippen LogP contribution in [0.15, 0.2) is 60.7 Å². The quantitative estimate of drug-likeness (QED) is 0.292. The Bertz CT molecular complexity index is 1110. The molecule has 6 nitrogen and oxygen atoms in total. The summed E-state index contributed by atoms with van der Waals surface area (Å²) >= 11 is 0. The van der Waals surface area contributed by atoms with E-state index in [-0.39, 0.29) is 23.7 Å². The molecule has 0 aliphatic carbocycles. The molecule has 0 saturated heterocycles. The molecule has 2 amide bonds. The molecule has 3 aromatic rings. The second-order valence-corrected chi connectivity index (χ2v) is 9.53. The largest absolute Gasteiger partial charge is 0.368 e. The first-order chi connectivity index (χ1) is 18.0. The fourth-order valence-electron chi connectivity index (χ4n) is 4.68. The number of nitrogens with zero attached hydrogens (tertiary/aromatic N) is 2. The van der Waals surface area contributed by atoms with Gasteiger partial charge in [0.25, 0.3) is 0 Å². The number of nitrogens with one attached hydrogen (secondary N) is 2. The summed E-state index contributed by atoms with van der Waals surface area (Å²) in [6, 6.07) is 20.6. The lowest BCUT2D eigenvalue weighted by Crippen LogP contribution is -2.41. The van der Waals surface area contributed by atoms with E-state index in [4.69, 9.17) is 4.98 Å². The monoisotopic (exact) mass is 502 g/mol. The van der Waals surface area contributed by atoms with Crippen molar-refractivity contribution in [3.8, 4) is 11.3 Å². The zero-order chi connectivity index (χ0) is 26.6. The Kier molecular flexibility index (Phi) is 10.9. The van der Waals surface area contributed by atoms with Crippen molar-refractivity contribution in [1.29, 1.82) is 0 Å². The van der Waals surface area contributed by atoms with Gasteiger partial charge in [0, 0.05) is 54.7 Å². The molecule has 2 aromatic carbocycles. The molecule has 37 heavy (non-hydrogen) atoms. The van der Waals surface area contributed by atoms with Crippen molar-refractivity contribution in [3.05, 3.63) is 60.7 Å². The first-order valence-corrected chi connectivity index (χ1v) is 13.8. The molecule has 3 rings (SSSR count). The van der Waals surface area contributed by atoms with Gasteiger partial charge >= 0.3 is 0 Å². The van der Waals surface area contributed by atoms with Crippen LogP contribution in [0.25, 0.3) is 22.2 Å². The number of fused-ring (bicyclic) bond motifs is 1. The van der Waals surface area contributed by atoms with Gasteiger partial charge in [-0.2, -0.15) is 0 Å². The Hall–Kier alpha value is -3.41. The molecule has 2 N–H and O–H groups in total. The number of anilines is 1. The zero-order valence-corrected chi connectivity index (χ0v) is 22.8. The Morgan fingerprint density at radius 3 is 1.81 bits per heavy atom. The predicted molar refractivity (Wildman–Crippen MR) is 154 cm³/mol. The van der Waals surface area contributed by atoms with E-state index in [9.17, 15) is 9.59 Å². The van der Waals surface area contributed by atoms with E-state index in [1.54, 1.807) is 0 Å². The van der Waals surface area contributed by atoms with Gasteiger partial charge in [-0.15, -0.1) is 0 Å². The zero-order valence-electron chi connectivity index (χ0n) is 22.8. The van der Waals surface area contributed by atoms with Crippen LogP contribution in [0.5, 0.6) is 0 Å². The molecule has 0 unspecified atom stereocenters. The summed E-state index contributed by atoms with van der Waals surface area (Å²) < 4.78 is 0. The number of carbonyl (C=O) groups is 2. The van der Waals surface area contributed by atoms with Crippen molar-refractivity contribution in [2.75, 3.05) is 31.1 Å². The van der Waals surface area contributed by atoms with Crippen LogP contribution in [0.4, 0.5) is 5.69 Å². The number of hydrogen-bond acceptors (Lipinski definition) is 4. The Morgan fingerprint density at radius 1 is 0.730 bits per heavy atom. The minimum Gasteiger partial charge on any atom is -0.368 e. The lowest BCUT2D eigenvalue weighted by molar-refractivity contribution is -0.125. The summed E-state index contributed by atoms with van der Waals surface area (Å²) in [6.07, 6.45) is 3.38. The van der Waals surface area contributed by atoms with E-state index in [2.05, 4.69) is 85.7 Å². The van der Waals surface area contributed by atoms with Crippen LogP contribution in [0, 0.1) is 11.8 Å². The number of amides is 2. The highest BCUT2D eigenvalue weighted by Gasteiger charge is 2.16. The van der Waals surface area contributed by atoms with Crippen LogP contribution in [0.1, 0.15) is 53.4 Å². The average Bonchev–Trinajstić information content (AvgIpc) is 2.93. The van der Waals surface area contributed by atoms with E-state index in [1.165, 1.54) is 0 Å². The first kappa shape index (κ1) is 28.2. The van der Waals surface area contributed by atoms with Crippen LogP contribution >= 0.6 is 0 Å². The van der Waals surface area contributed by atoms with Crippen molar-refractivity contribution in [2.45, 2.75) is 53.4 Å². The van der Waals surface area contributed by atoms with Gasteiger partial charge in [-0.1, -0.05) is 64.1 Å². The summed E-state index contributed by atoms with van der Waals surface area (Å²) in [5.74, 6) is 0.345.